The van der Waals surface area contributed by atoms with Crippen LogP contribution in [0.3, 0.4) is 0 Å². The maximum Gasteiger partial charge on any atom is 0.573 e. The third-order valence-electron chi connectivity index (χ3n) is 6.96. The zero-order valence-electron chi connectivity index (χ0n) is 23.5. The summed E-state index contributed by atoms with van der Waals surface area (Å²) in [4.78, 5) is 29.6. The summed E-state index contributed by atoms with van der Waals surface area (Å²) in [6.45, 7) is 3.49. The van der Waals surface area contributed by atoms with Crippen molar-refractivity contribution in [3.63, 3.8) is 0 Å². The molecule has 230 valence electrons. The monoisotopic (exact) mass is 611 g/mol. The van der Waals surface area contributed by atoms with Crippen LogP contribution in [0.15, 0.2) is 72.8 Å². The van der Waals surface area contributed by atoms with Gasteiger partial charge in [-0.2, -0.15) is 5.10 Å². The summed E-state index contributed by atoms with van der Waals surface area (Å²) < 4.78 is 55.1. The summed E-state index contributed by atoms with van der Waals surface area (Å²) in [6.07, 6.45) is -4.92. The Morgan fingerprint density at radius 1 is 0.932 bits per heavy atom. The van der Waals surface area contributed by atoms with E-state index in [0.29, 0.717) is 22.8 Å². The van der Waals surface area contributed by atoms with Gasteiger partial charge in [0.15, 0.2) is 5.82 Å². The van der Waals surface area contributed by atoms with Crippen molar-refractivity contribution in [3.8, 4) is 17.0 Å². The molecular formula is C30H29F4N7O3. The summed E-state index contributed by atoms with van der Waals surface area (Å²) in [5, 5.41) is 14.8. The third kappa shape index (κ3) is 8.04. The number of piperazine rings is 1. The number of carbonyl (C=O) groups is 2. The molecule has 0 unspecified atom stereocenters. The first-order chi connectivity index (χ1) is 21.0. The van der Waals surface area contributed by atoms with Crippen LogP contribution in [-0.2, 0) is 6.54 Å². The molecule has 0 radical (unpaired) electrons. The number of urea groups is 1. The van der Waals surface area contributed by atoms with Crippen molar-refractivity contribution < 1.29 is 31.9 Å². The van der Waals surface area contributed by atoms with Gasteiger partial charge in [-0.1, -0.05) is 12.1 Å². The minimum absolute atomic E-state index is 0.179. The number of ether oxygens (including phenoxy) is 1. The molecule has 1 aliphatic rings. The first-order valence-electron chi connectivity index (χ1n) is 13.6. The van der Waals surface area contributed by atoms with Gasteiger partial charge < -0.3 is 30.5 Å². The maximum atomic E-state index is 14.0. The Morgan fingerprint density at radius 2 is 1.64 bits per heavy atom. The molecule has 3 amide bonds. The van der Waals surface area contributed by atoms with Gasteiger partial charge in [-0.15, -0.1) is 13.2 Å². The van der Waals surface area contributed by atoms with E-state index in [1.807, 2.05) is 12.1 Å². The van der Waals surface area contributed by atoms with Crippen molar-refractivity contribution in [2.75, 3.05) is 48.8 Å². The molecular weight excluding hydrogens is 582 g/mol. The van der Waals surface area contributed by atoms with E-state index >= 15 is 0 Å². The number of halogens is 4. The normalized spacial score (nSPS) is 13.8. The van der Waals surface area contributed by atoms with Crippen LogP contribution in [0.5, 0.6) is 5.75 Å². The lowest BCUT2D eigenvalue weighted by molar-refractivity contribution is -0.274. The van der Waals surface area contributed by atoms with Gasteiger partial charge in [-0.3, -0.25) is 9.89 Å². The molecule has 3 aromatic carbocycles. The standard InChI is InChI=1S/C30H29F4N7O3/c1-40-12-14-41(15-13-40)23-8-4-20(5-9-23)28(42)37-27-17-26(38-39-27)19-2-6-22(7-3-19)36-29(43)35-18-21-16-24(10-11-25(21)31)44-30(32,33)34/h2-11,16-17H,12-15,18H2,1H3,(H2,35,36,43)(H2,37,38,39,42). The molecule has 14 heteroatoms. The van der Waals surface area contributed by atoms with E-state index < -0.39 is 24.0 Å². The molecule has 44 heavy (non-hydrogen) atoms. The molecule has 0 aliphatic carbocycles. The number of carbonyl (C=O) groups excluding carboxylic acids is 2. The Bertz CT molecular complexity index is 1600. The zero-order chi connectivity index (χ0) is 31.3. The lowest BCUT2D eigenvalue weighted by Gasteiger charge is -2.34. The number of aromatic amines is 1. The molecule has 1 aliphatic heterocycles. The van der Waals surface area contributed by atoms with E-state index in [-0.39, 0.29) is 18.0 Å². The molecule has 0 bridgehead atoms. The highest BCUT2D eigenvalue weighted by Gasteiger charge is 2.31. The Morgan fingerprint density at radius 3 is 2.32 bits per heavy atom. The fourth-order valence-electron chi connectivity index (χ4n) is 4.58. The SMILES string of the molecule is CN1CCN(c2ccc(C(=O)Nc3cc(-c4ccc(NC(=O)NCc5cc(OC(F)(F)F)ccc5F)cc4)[nH]n3)cc2)CC1. The fraction of sp³-hybridized carbons (Fsp3) is 0.233. The Hall–Kier alpha value is -5.11. The second-order valence-electron chi connectivity index (χ2n) is 10.1. The molecule has 0 atom stereocenters. The van der Waals surface area contributed by atoms with Crippen LogP contribution in [0.25, 0.3) is 11.3 Å². The number of aromatic nitrogens is 2. The number of likely N-dealkylation sites (N-methyl/N-ethyl adjacent to an activating group) is 1. The summed E-state index contributed by atoms with van der Waals surface area (Å²) in [5.41, 5.74) is 3.16. The lowest BCUT2D eigenvalue weighted by atomic mass is 10.1. The van der Waals surface area contributed by atoms with E-state index in [2.05, 4.69) is 47.7 Å². The highest BCUT2D eigenvalue weighted by molar-refractivity contribution is 6.04. The summed E-state index contributed by atoms with van der Waals surface area (Å²) in [6, 6.07) is 17.6. The topological polar surface area (TPSA) is 115 Å². The molecule has 1 fully saturated rings. The van der Waals surface area contributed by atoms with Crippen LogP contribution in [0.2, 0.25) is 0 Å². The largest absolute Gasteiger partial charge is 0.573 e. The number of nitrogens with zero attached hydrogens (tertiary/aromatic N) is 3. The molecule has 0 spiro atoms. The summed E-state index contributed by atoms with van der Waals surface area (Å²) in [5.74, 6) is -1.34. The molecule has 1 aromatic heterocycles. The van der Waals surface area contributed by atoms with E-state index in [1.54, 1.807) is 42.5 Å². The van der Waals surface area contributed by atoms with Crippen molar-refractivity contribution in [2.45, 2.75) is 12.9 Å². The average molecular weight is 612 g/mol. The third-order valence-corrected chi connectivity index (χ3v) is 6.96. The Balaban J connectivity index is 1.12. The fourth-order valence-corrected chi connectivity index (χ4v) is 4.58. The van der Waals surface area contributed by atoms with Crippen LogP contribution in [0.4, 0.5) is 39.5 Å². The van der Waals surface area contributed by atoms with Crippen LogP contribution in [0, 0.1) is 5.82 Å². The molecule has 2 heterocycles. The zero-order valence-corrected chi connectivity index (χ0v) is 23.5. The van der Waals surface area contributed by atoms with Gasteiger partial charge in [0.25, 0.3) is 5.91 Å². The van der Waals surface area contributed by atoms with Crippen molar-refractivity contribution in [2.24, 2.45) is 0 Å². The van der Waals surface area contributed by atoms with E-state index in [9.17, 15) is 27.2 Å². The molecule has 4 aromatic rings. The number of alkyl halides is 3. The van der Waals surface area contributed by atoms with Gasteiger partial charge in [-0.05, 0) is 67.2 Å². The number of amides is 3. The van der Waals surface area contributed by atoms with Gasteiger partial charge in [0.05, 0.1) is 5.69 Å². The van der Waals surface area contributed by atoms with Gasteiger partial charge in [0.1, 0.15) is 11.6 Å². The molecule has 0 saturated carbocycles. The van der Waals surface area contributed by atoms with Crippen LogP contribution in [0.1, 0.15) is 15.9 Å². The molecule has 4 N–H and O–H groups in total. The average Bonchev–Trinajstić information content (AvgIpc) is 3.46. The van der Waals surface area contributed by atoms with Crippen LogP contribution >= 0.6 is 0 Å². The predicted molar refractivity (Wildman–Crippen MR) is 157 cm³/mol. The van der Waals surface area contributed by atoms with Crippen molar-refractivity contribution in [1.29, 1.82) is 0 Å². The number of anilines is 3. The number of H-pyrrole nitrogens is 1. The number of rotatable bonds is 8. The van der Waals surface area contributed by atoms with Crippen LogP contribution in [-0.4, -0.2) is 66.6 Å². The number of hydrogen-bond acceptors (Lipinski definition) is 6. The number of hydrogen-bond donors (Lipinski definition) is 4. The van der Waals surface area contributed by atoms with Crippen molar-refractivity contribution >= 4 is 29.1 Å². The predicted octanol–water partition coefficient (Wildman–Crippen LogP) is 5.44. The highest BCUT2D eigenvalue weighted by Crippen LogP contribution is 2.25. The van der Waals surface area contributed by atoms with Gasteiger partial charge >= 0.3 is 12.4 Å². The minimum atomic E-state index is -4.92. The Kier molecular flexibility index (Phi) is 8.99. The van der Waals surface area contributed by atoms with Crippen molar-refractivity contribution in [3.05, 3.63) is 89.7 Å². The van der Waals surface area contributed by atoms with E-state index in [0.717, 1.165) is 55.6 Å². The first kappa shape index (κ1) is 30.4. The van der Waals surface area contributed by atoms with Crippen molar-refractivity contribution in [1.82, 2.24) is 20.4 Å². The van der Waals surface area contributed by atoms with E-state index in [4.69, 9.17) is 0 Å². The lowest BCUT2D eigenvalue weighted by Crippen LogP contribution is -2.44. The number of nitrogens with one attached hydrogen (secondary N) is 4. The number of benzene rings is 3. The minimum Gasteiger partial charge on any atom is -0.406 e. The summed E-state index contributed by atoms with van der Waals surface area (Å²) in [7, 11) is 2.10. The smallest absolute Gasteiger partial charge is 0.406 e. The Labute approximate surface area is 250 Å². The first-order valence-corrected chi connectivity index (χ1v) is 13.6. The highest BCUT2D eigenvalue weighted by atomic mass is 19.4. The second-order valence-corrected chi connectivity index (χ2v) is 10.1. The van der Waals surface area contributed by atoms with Gasteiger partial charge in [0.2, 0.25) is 0 Å². The molecule has 10 nitrogen and oxygen atoms in total. The van der Waals surface area contributed by atoms with Gasteiger partial charge in [0, 0.05) is 61.3 Å². The molecule has 5 rings (SSSR count). The summed E-state index contributed by atoms with van der Waals surface area (Å²) >= 11 is 0. The quantitative estimate of drug-likeness (QED) is 0.197. The van der Waals surface area contributed by atoms with Gasteiger partial charge in [-0.25, -0.2) is 9.18 Å². The maximum absolute atomic E-state index is 14.0. The second kappa shape index (κ2) is 13.0. The van der Waals surface area contributed by atoms with Crippen LogP contribution < -0.4 is 25.6 Å². The molecule has 1 saturated heterocycles. The van der Waals surface area contributed by atoms with E-state index in [1.165, 1.54) is 0 Å².